The van der Waals surface area contributed by atoms with E-state index in [9.17, 15) is 171 Å². The predicted molar refractivity (Wildman–Crippen MR) is 475 cm³/mol. The molecular formula is C86H72N20O36. The number of aromatic nitrogens is 4. The number of hydrogen-bond donors (Lipinski definition) is 14. The zero-order valence-electron chi connectivity index (χ0n) is 72.6. The van der Waals surface area contributed by atoms with E-state index in [-0.39, 0.29) is 75.4 Å². The number of carboxylic acid groups (broad SMARTS) is 2. The van der Waals surface area contributed by atoms with Crippen molar-refractivity contribution in [1.82, 2.24) is 38.9 Å². The van der Waals surface area contributed by atoms with Crippen LogP contribution in [-0.4, -0.2) is 259 Å². The van der Waals surface area contributed by atoms with Crippen LogP contribution in [0.5, 0.6) is 69.0 Å². The number of phenolic OH excluding ortho intramolecular Hbond substituents is 12. The van der Waals surface area contributed by atoms with E-state index in [0.717, 1.165) is 151 Å². The van der Waals surface area contributed by atoms with Gasteiger partial charge < -0.3 is 101 Å². The molecule has 14 N–H and O–H groups in total. The first-order valence-electron chi connectivity index (χ1n) is 40.1. The van der Waals surface area contributed by atoms with Crippen molar-refractivity contribution >= 4 is 118 Å². The first kappa shape index (κ1) is 108. The van der Waals surface area contributed by atoms with Gasteiger partial charge in [-0.2, -0.15) is 36.7 Å². The number of ether oxygens (including phenoxy) is 2. The van der Waals surface area contributed by atoms with Crippen LogP contribution in [-0.2, 0) is 33.4 Å². The van der Waals surface area contributed by atoms with Crippen LogP contribution in [0, 0.1) is 129 Å². The summed E-state index contributed by atoms with van der Waals surface area (Å²) in [6.07, 6.45) is 16.5. The van der Waals surface area contributed by atoms with E-state index in [0.29, 0.717) is 70.1 Å². The fraction of sp³-hybridized carbons (Fsp3) is 0.209. The lowest BCUT2D eigenvalue weighted by Crippen LogP contribution is -2.41. The van der Waals surface area contributed by atoms with Crippen LogP contribution in [0.2, 0.25) is 0 Å². The molecule has 0 saturated carbocycles. The SMILES string of the molecule is N#C/C(=C\c1cc(O)c(O)c([N+](=O)[O-])c1)C(=O)N1CCCC1C(=O)O.N#C/C(=C\c1cc(O)c(O)c([N+](=O)[O-])c1)C(=O)N1CCCCCC1.N#C/C(=C\c1cc(O)c(O)c([N+](=O)[O-])c1)C(=O)N1CCCOC1.N#C/C(=C\c1cc(O)c(O)c([N+](=O)[O-])c1)C(=O)N1CCOCC1.N#C/C(=C\c1cc(O)c(O)c([N+](=O)[O-])c1)C(=O)n1ccc(C(=O)O)n1.N#C/C(=C\c1cc(O)c(O)c([N+](=O)[O-])c1)C(=O)n1ccnc1. The standard InChI is InChI=1S/C16H17N3O5.C15H13N3O7.C14H8N4O7.2C14H13N3O6.C13H8N4O5/c17-10-12(16(22)18-5-3-1-2-4-6-18)7-11-8-13(19(23)24)15(21)14(20)9-11;16-7-9(14(21)17-3-1-2-10(17)15(22)23)4-8-5-11(18(24)25)13(20)12(19)6-8;15-6-8(13(21)17-2-1-9(16-17)14(22)23)3-7-4-10(18(24)25)12(20)11(19)5-7;15-8-10(14(20)16-1-3-23-4-2-16)5-9-6-11(17(21)22)13(19)12(18)7-9;15-7-10(14(20)16-2-1-3-23-8-16)4-9-5-11(17(21)22)13(19)12(18)6-9;14-6-9(13(20)16-2-1-15-7-16)3-8-4-10(17(21)22)12(19)11(18)5-8/h7-9,20-21H,1-6H2;4-6,10,19-20H,1-3H2,(H,22,23);1-5,19-20H,(H,22,23);5-7,18-19H,1-4H2;4-6,18-19H,1-3,8H2;1-5,7,18-19H/b12-7+;9-4+;8-3+;10-5+;10-4+;9-3+. The van der Waals surface area contributed by atoms with Gasteiger partial charge in [0.15, 0.2) is 40.2 Å². The number of imidazole rings is 1. The molecule has 12 rings (SSSR count). The molecule has 56 heteroatoms. The van der Waals surface area contributed by atoms with Crippen LogP contribution in [0.25, 0.3) is 36.5 Å². The number of hydrogen-bond acceptors (Lipinski definition) is 42. The Kier molecular flexibility index (Phi) is 38.0. The van der Waals surface area contributed by atoms with Gasteiger partial charge in [0.05, 0.1) is 49.4 Å². The molecule has 142 heavy (non-hydrogen) atoms. The highest BCUT2D eigenvalue weighted by Crippen LogP contribution is 2.43. The summed E-state index contributed by atoms with van der Waals surface area (Å²) in [5, 5.41) is 255. The molecule has 0 bridgehead atoms. The minimum atomic E-state index is -1.37. The van der Waals surface area contributed by atoms with Gasteiger partial charge in [-0.05, 0) is 144 Å². The molecule has 8 aromatic rings. The monoisotopic (exact) mass is 1960 g/mol. The fourth-order valence-corrected chi connectivity index (χ4v) is 12.9. The molecule has 0 radical (unpaired) electrons. The number of rotatable bonds is 20. The Labute approximate surface area is 793 Å². The van der Waals surface area contributed by atoms with E-state index < -0.39 is 203 Å². The van der Waals surface area contributed by atoms with Gasteiger partial charge in [-0.25, -0.2) is 19.3 Å². The second-order valence-electron chi connectivity index (χ2n) is 29.1. The topological polar surface area (TPSA) is 888 Å². The summed E-state index contributed by atoms with van der Waals surface area (Å²) in [5.74, 6) is -16.3. The van der Waals surface area contributed by atoms with Crippen LogP contribution in [0.1, 0.15) is 98.4 Å². The lowest BCUT2D eigenvalue weighted by molar-refractivity contribution is -0.386. The van der Waals surface area contributed by atoms with Crippen LogP contribution >= 0.6 is 0 Å². The molecule has 4 saturated heterocycles. The fourth-order valence-electron chi connectivity index (χ4n) is 12.9. The number of carbonyl (C=O) groups excluding carboxylic acids is 6. The number of aliphatic carboxylic acids is 1. The zero-order valence-corrected chi connectivity index (χ0v) is 72.6. The Morgan fingerprint density at radius 3 is 0.944 bits per heavy atom. The maximum absolute atomic E-state index is 12.4. The quantitative estimate of drug-likeness (QED) is 0.0114. The van der Waals surface area contributed by atoms with Gasteiger partial charge in [-0.3, -0.25) is 94.0 Å². The van der Waals surface area contributed by atoms with Crippen molar-refractivity contribution < 1.29 is 149 Å². The molecule has 4 amide bonds. The summed E-state index contributed by atoms with van der Waals surface area (Å²) in [4.78, 5) is 164. The van der Waals surface area contributed by atoms with Gasteiger partial charge in [0.2, 0.25) is 34.5 Å². The van der Waals surface area contributed by atoms with Gasteiger partial charge in [-0.1, -0.05) is 12.8 Å². The summed E-state index contributed by atoms with van der Waals surface area (Å²) in [5.41, 5.74) is -6.76. The molecule has 4 aliphatic heterocycles. The molecule has 1 unspecified atom stereocenters. The number of aromatic carboxylic acids is 1. The number of phenols is 12. The third kappa shape index (κ3) is 28.4. The van der Waals surface area contributed by atoms with E-state index in [2.05, 4.69) is 10.1 Å². The van der Waals surface area contributed by atoms with Gasteiger partial charge in [-0.15, -0.1) is 0 Å². The van der Waals surface area contributed by atoms with Crippen LogP contribution < -0.4 is 0 Å². The minimum Gasteiger partial charge on any atom is -0.504 e. The Morgan fingerprint density at radius 1 is 0.359 bits per heavy atom. The third-order valence-electron chi connectivity index (χ3n) is 19.7. The highest BCUT2D eigenvalue weighted by atomic mass is 16.7. The average molecular weight is 1960 g/mol. The number of carbonyl (C=O) groups is 8. The number of aromatic hydroxyl groups is 12. The van der Waals surface area contributed by atoms with Crippen molar-refractivity contribution in [3.63, 3.8) is 0 Å². The summed E-state index contributed by atoms with van der Waals surface area (Å²) in [7, 11) is 0. The Bertz CT molecular complexity index is 6730. The number of benzene rings is 6. The lowest BCUT2D eigenvalue weighted by Gasteiger charge is -2.26. The van der Waals surface area contributed by atoms with Crippen molar-refractivity contribution in [2.75, 3.05) is 65.8 Å². The normalized spacial score (nSPS) is 14.1. The highest BCUT2D eigenvalue weighted by molar-refractivity contribution is 6.07. The van der Waals surface area contributed by atoms with Gasteiger partial charge in [0.1, 0.15) is 89.0 Å². The number of nitro benzene ring substituents is 6. The smallest absolute Gasteiger partial charge is 0.356 e. The molecule has 56 nitrogen and oxygen atoms in total. The number of amides is 4. The molecule has 1 atom stereocenters. The number of likely N-dealkylation sites (tertiary alicyclic amines) is 2. The summed E-state index contributed by atoms with van der Waals surface area (Å²) >= 11 is 0. The lowest BCUT2D eigenvalue weighted by atomic mass is 10.1. The Balaban J connectivity index is 0.000000231. The first-order chi connectivity index (χ1) is 67.2. The molecule has 0 aliphatic carbocycles. The van der Waals surface area contributed by atoms with Gasteiger partial charge in [0, 0.05) is 94.3 Å². The van der Waals surface area contributed by atoms with Crippen LogP contribution in [0.15, 0.2) is 137 Å². The second-order valence-corrected chi connectivity index (χ2v) is 29.1. The number of morpholine rings is 1. The molecule has 6 heterocycles. The maximum Gasteiger partial charge on any atom is 0.356 e. The Morgan fingerprint density at radius 2 is 0.662 bits per heavy atom. The number of nitriles is 6. The van der Waals surface area contributed by atoms with Crippen LogP contribution in [0.3, 0.4) is 0 Å². The van der Waals surface area contributed by atoms with E-state index in [1.807, 2.05) is 0 Å². The zero-order chi connectivity index (χ0) is 105. The average Bonchev–Trinajstić information content (AvgIpc) is 1.75. The number of nitro groups is 6. The largest absolute Gasteiger partial charge is 0.504 e. The van der Waals surface area contributed by atoms with Gasteiger partial charge in [0.25, 0.3) is 35.4 Å². The first-order valence-corrected chi connectivity index (χ1v) is 40.1. The third-order valence-corrected chi connectivity index (χ3v) is 19.7. The van der Waals surface area contributed by atoms with Crippen molar-refractivity contribution in [3.05, 3.63) is 237 Å². The molecule has 4 aliphatic rings. The minimum absolute atomic E-state index is 0.0204. The maximum atomic E-state index is 12.4. The van der Waals surface area contributed by atoms with Gasteiger partial charge >= 0.3 is 46.1 Å². The second kappa shape index (κ2) is 49.8. The summed E-state index contributed by atoms with van der Waals surface area (Å²) in [6.45, 7) is 3.79. The summed E-state index contributed by atoms with van der Waals surface area (Å²) < 4.78 is 11.9. The molecular weight excluding hydrogens is 1890 g/mol. The number of carboxylic acids is 2. The van der Waals surface area contributed by atoms with E-state index >= 15 is 0 Å². The summed E-state index contributed by atoms with van der Waals surface area (Å²) in [6, 6.07) is 21.8. The molecule has 4 fully saturated rings. The molecule has 732 valence electrons. The molecule has 2 aromatic heterocycles. The van der Waals surface area contributed by atoms with Crippen molar-refractivity contribution in [2.24, 2.45) is 0 Å². The van der Waals surface area contributed by atoms with Crippen molar-refractivity contribution in [1.29, 1.82) is 31.6 Å². The molecule has 0 spiro atoms. The van der Waals surface area contributed by atoms with Crippen LogP contribution in [0.4, 0.5) is 34.1 Å². The predicted octanol–water partition coefficient (Wildman–Crippen LogP) is 7.79. The van der Waals surface area contributed by atoms with Crippen molar-refractivity contribution in [3.8, 4) is 105 Å². The van der Waals surface area contributed by atoms with E-state index in [1.165, 1.54) is 34.6 Å². The molecule has 6 aromatic carbocycles. The highest BCUT2D eigenvalue weighted by Gasteiger charge is 2.37. The van der Waals surface area contributed by atoms with Crippen molar-refractivity contribution in [2.45, 2.75) is 51.0 Å². The Hall–Kier alpha value is -20.8. The number of nitrogens with zero attached hydrogens (tertiary/aromatic N) is 20. The number of allylic oxidation sites excluding steroid dienone is 2. The van der Waals surface area contributed by atoms with E-state index in [1.54, 1.807) is 41.3 Å². The van der Waals surface area contributed by atoms with E-state index in [4.69, 9.17) is 40.7 Å².